The Kier molecular flexibility index (Phi) is 4.68. The Hall–Kier alpha value is -1.95. The van der Waals surface area contributed by atoms with Gasteiger partial charge in [0, 0.05) is 10.6 Å². The van der Waals surface area contributed by atoms with E-state index in [4.69, 9.17) is 5.11 Å². The maximum absolute atomic E-state index is 11.8. The first-order valence-electron chi connectivity index (χ1n) is 6.21. The normalized spacial score (nSPS) is 20.6. The van der Waals surface area contributed by atoms with Gasteiger partial charge in [-0.15, -0.1) is 11.8 Å². The van der Waals surface area contributed by atoms with Gasteiger partial charge in [-0.1, -0.05) is 18.2 Å². The molecule has 2 amide bonds. The molecule has 6 heteroatoms. The lowest BCUT2D eigenvalue weighted by atomic mass is 10.1. The minimum absolute atomic E-state index is 0.236. The van der Waals surface area contributed by atoms with Crippen LogP contribution in [0.1, 0.15) is 6.42 Å². The van der Waals surface area contributed by atoms with Crippen molar-refractivity contribution in [1.29, 1.82) is 0 Å². The number of anilines is 1. The van der Waals surface area contributed by atoms with Crippen molar-refractivity contribution in [2.75, 3.05) is 11.6 Å². The van der Waals surface area contributed by atoms with E-state index in [1.807, 2.05) is 30.5 Å². The quantitative estimate of drug-likeness (QED) is 0.588. The molecule has 3 N–H and O–H groups in total. The minimum Gasteiger partial charge on any atom is -0.481 e. The van der Waals surface area contributed by atoms with Gasteiger partial charge in [0.2, 0.25) is 0 Å². The van der Waals surface area contributed by atoms with Crippen LogP contribution in [0.25, 0.3) is 0 Å². The Morgan fingerprint density at radius 3 is 2.80 bits per heavy atom. The van der Waals surface area contributed by atoms with Crippen LogP contribution in [-0.2, 0) is 4.79 Å². The first kappa shape index (κ1) is 14.5. The summed E-state index contributed by atoms with van der Waals surface area (Å²) >= 11 is 1.60. The number of carboxylic acid groups (broad SMARTS) is 1. The Bertz CT molecular complexity index is 545. The fraction of sp³-hybridized carbons (Fsp3) is 0.286. The molecular weight excluding hydrogens is 276 g/mol. The molecule has 106 valence electrons. The molecule has 0 saturated carbocycles. The zero-order chi connectivity index (χ0) is 14.5. The summed E-state index contributed by atoms with van der Waals surface area (Å²) in [4.78, 5) is 23.7. The van der Waals surface area contributed by atoms with Gasteiger partial charge in [-0.05, 0) is 30.9 Å². The molecule has 1 aromatic rings. The fourth-order valence-electron chi connectivity index (χ4n) is 2.03. The zero-order valence-electron chi connectivity index (χ0n) is 11.0. The van der Waals surface area contributed by atoms with Gasteiger partial charge in [-0.2, -0.15) is 0 Å². The largest absolute Gasteiger partial charge is 0.481 e. The number of urea groups is 1. The van der Waals surface area contributed by atoms with E-state index in [9.17, 15) is 9.59 Å². The second-order valence-corrected chi connectivity index (χ2v) is 5.38. The lowest BCUT2D eigenvalue weighted by Gasteiger charge is -2.13. The van der Waals surface area contributed by atoms with Gasteiger partial charge in [0.05, 0.1) is 12.0 Å². The molecule has 0 spiro atoms. The standard InChI is InChI=1S/C14H16N2O3S/c1-20-12-4-2-3-10(8-12)15-14(19)16-11-6-5-9(7-11)13(17)18/h2-6,8-9,11H,7H2,1H3,(H,17,18)(H2,15,16,19). The fourth-order valence-corrected chi connectivity index (χ4v) is 2.48. The molecule has 2 rings (SSSR count). The van der Waals surface area contributed by atoms with E-state index in [1.54, 1.807) is 23.9 Å². The lowest BCUT2D eigenvalue weighted by molar-refractivity contribution is -0.140. The number of hydrogen-bond acceptors (Lipinski definition) is 3. The zero-order valence-corrected chi connectivity index (χ0v) is 11.8. The molecule has 1 aliphatic rings. The average Bonchev–Trinajstić information content (AvgIpc) is 2.87. The van der Waals surface area contributed by atoms with Crippen molar-refractivity contribution in [1.82, 2.24) is 5.32 Å². The van der Waals surface area contributed by atoms with Crippen molar-refractivity contribution in [3.63, 3.8) is 0 Å². The van der Waals surface area contributed by atoms with E-state index in [1.165, 1.54) is 0 Å². The van der Waals surface area contributed by atoms with Crippen molar-refractivity contribution in [3.05, 3.63) is 36.4 Å². The molecular formula is C14H16N2O3S. The number of nitrogens with one attached hydrogen (secondary N) is 2. The predicted octanol–water partition coefficient (Wildman–Crippen LogP) is 2.56. The SMILES string of the molecule is CSc1cccc(NC(=O)NC2C=CC(C(=O)O)C2)c1. The number of carbonyl (C=O) groups is 2. The van der Waals surface area contributed by atoms with Crippen LogP contribution in [0.5, 0.6) is 0 Å². The Labute approximate surface area is 121 Å². The van der Waals surface area contributed by atoms with E-state index in [-0.39, 0.29) is 12.1 Å². The van der Waals surface area contributed by atoms with Crippen LogP contribution in [0.15, 0.2) is 41.3 Å². The van der Waals surface area contributed by atoms with E-state index < -0.39 is 11.9 Å². The summed E-state index contributed by atoms with van der Waals surface area (Å²) in [5.41, 5.74) is 0.714. The monoisotopic (exact) mass is 292 g/mol. The second kappa shape index (κ2) is 6.47. The van der Waals surface area contributed by atoms with Crippen molar-refractivity contribution in [3.8, 4) is 0 Å². The summed E-state index contributed by atoms with van der Waals surface area (Å²) in [6.45, 7) is 0. The first-order valence-corrected chi connectivity index (χ1v) is 7.43. The number of thioether (sulfide) groups is 1. The molecule has 0 saturated heterocycles. The third-order valence-corrected chi connectivity index (χ3v) is 3.77. The van der Waals surface area contributed by atoms with E-state index in [2.05, 4.69) is 10.6 Å². The van der Waals surface area contributed by atoms with Crippen LogP contribution < -0.4 is 10.6 Å². The summed E-state index contributed by atoms with van der Waals surface area (Å²) in [6.07, 6.45) is 5.69. The van der Waals surface area contributed by atoms with Gasteiger partial charge in [0.15, 0.2) is 0 Å². The molecule has 2 unspecified atom stereocenters. The minimum atomic E-state index is -0.862. The van der Waals surface area contributed by atoms with Gasteiger partial charge in [-0.3, -0.25) is 4.79 Å². The number of carbonyl (C=O) groups excluding carboxylic acids is 1. The van der Waals surface area contributed by atoms with Crippen molar-refractivity contribution in [2.45, 2.75) is 17.4 Å². The highest BCUT2D eigenvalue weighted by Gasteiger charge is 2.25. The molecule has 2 atom stereocenters. The summed E-state index contributed by atoms with van der Waals surface area (Å²) in [5, 5.41) is 14.4. The van der Waals surface area contributed by atoms with Crippen LogP contribution in [-0.4, -0.2) is 29.4 Å². The van der Waals surface area contributed by atoms with Gasteiger partial charge >= 0.3 is 12.0 Å². The van der Waals surface area contributed by atoms with Crippen LogP contribution >= 0.6 is 11.8 Å². The van der Waals surface area contributed by atoms with Crippen LogP contribution in [0.4, 0.5) is 10.5 Å². The topological polar surface area (TPSA) is 78.4 Å². The maximum atomic E-state index is 11.8. The molecule has 0 aromatic heterocycles. The Morgan fingerprint density at radius 2 is 2.15 bits per heavy atom. The molecule has 20 heavy (non-hydrogen) atoms. The highest BCUT2D eigenvalue weighted by molar-refractivity contribution is 7.98. The smallest absolute Gasteiger partial charge is 0.319 e. The average molecular weight is 292 g/mol. The molecule has 0 aliphatic heterocycles. The van der Waals surface area contributed by atoms with E-state index >= 15 is 0 Å². The summed E-state index contributed by atoms with van der Waals surface area (Å²) in [7, 11) is 0. The van der Waals surface area contributed by atoms with Crippen molar-refractivity contribution in [2.24, 2.45) is 5.92 Å². The maximum Gasteiger partial charge on any atom is 0.319 e. The highest BCUT2D eigenvalue weighted by Crippen LogP contribution is 2.20. The molecule has 1 aromatic carbocycles. The molecule has 0 radical (unpaired) electrons. The first-order chi connectivity index (χ1) is 9.58. The molecule has 0 bridgehead atoms. The number of aliphatic carboxylic acids is 1. The number of rotatable bonds is 4. The summed E-state index contributed by atoms with van der Waals surface area (Å²) < 4.78 is 0. The number of benzene rings is 1. The van der Waals surface area contributed by atoms with Crippen LogP contribution in [0.3, 0.4) is 0 Å². The van der Waals surface area contributed by atoms with Crippen molar-refractivity contribution < 1.29 is 14.7 Å². The molecule has 0 fully saturated rings. The molecule has 1 aliphatic carbocycles. The van der Waals surface area contributed by atoms with E-state index in [0.717, 1.165) is 4.90 Å². The third-order valence-electron chi connectivity index (χ3n) is 3.04. The number of hydrogen-bond donors (Lipinski definition) is 3. The Morgan fingerprint density at radius 1 is 1.35 bits per heavy atom. The van der Waals surface area contributed by atoms with Crippen LogP contribution in [0.2, 0.25) is 0 Å². The van der Waals surface area contributed by atoms with Crippen LogP contribution in [0, 0.1) is 5.92 Å². The van der Waals surface area contributed by atoms with E-state index in [0.29, 0.717) is 12.1 Å². The molecule has 5 nitrogen and oxygen atoms in total. The summed E-state index contributed by atoms with van der Waals surface area (Å²) in [5.74, 6) is -1.38. The van der Waals surface area contributed by atoms with Gasteiger partial charge in [-0.25, -0.2) is 4.79 Å². The predicted molar refractivity (Wildman–Crippen MR) is 79.0 cm³/mol. The molecule has 0 heterocycles. The van der Waals surface area contributed by atoms with Gasteiger partial charge in [0.25, 0.3) is 0 Å². The summed E-state index contributed by atoms with van der Waals surface area (Å²) in [6, 6.07) is 6.96. The highest BCUT2D eigenvalue weighted by atomic mass is 32.2. The number of carboxylic acids is 1. The third kappa shape index (κ3) is 3.77. The second-order valence-electron chi connectivity index (χ2n) is 4.50. The van der Waals surface area contributed by atoms with Gasteiger partial charge in [0.1, 0.15) is 0 Å². The lowest BCUT2D eigenvalue weighted by Crippen LogP contribution is -2.36. The van der Waals surface area contributed by atoms with Crippen molar-refractivity contribution >= 4 is 29.4 Å². The Balaban J connectivity index is 1.87. The van der Waals surface area contributed by atoms with Gasteiger partial charge < -0.3 is 15.7 Å². The number of amides is 2.